The van der Waals surface area contributed by atoms with Gasteiger partial charge in [-0.25, -0.2) is 0 Å². The maximum Gasteiger partial charge on any atom is 0.0605 e. The lowest BCUT2D eigenvalue weighted by molar-refractivity contribution is 0.00790. The monoisotopic (exact) mass is 199 g/mol. The highest BCUT2D eigenvalue weighted by Crippen LogP contribution is 2.37. The standard InChI is InChI=1S/C12H25NO/c1-2-11(14)12(10-13)8-6-4-3-5-7-9-12/h11,14H,2-10,13H2,1H3. The first kappa shape index (κ1) is 12.0. The minimum atomic E-state index is -0.189. The summed E-state index contributed by atoms with van der Waals surface area (Å²) in [5.74, 6) is 0. The van der Waals surface area contributed by atoms with E-state index in [1.807, 2.05) is 0 Å². The van der Waals surface area contributed by atoms with Gasteiger partial charge in [0.15, 0.2) is 0 Å². The second kappa shape index (κ2) is 5.72. The molecule has 0 aliphatic heterocycles. The van der Waals surface area contributed by atoms with Crippen LogP contribution in [0, 0.1) is 5.41 Å². The van der Waals surface area contributed by atoms with E-state index >= 15 is 0 Å². The van der Waals surface area contributed by atoms with Crippen molar-refractivity contribution in [1.82, 2.24) is 0 Å². The van der Waals surface area contributed by atoms with Gasteiger partial charge in [-0.15, -0.1) is 0 Å². The minimum Gasteiger partial charge on any atom is -0.393 e. The molecular weight excluding hydrogens is 174 g/mol. The second-order valence-corrected chi connectivity index (χ2v) is 4.76. The lowest BCUT2D eigenvalue weighted by atomic mass is 9.71. The smallest absolute Gasteiger partial charge is 0.0605 e. The molecule has 1 aliphatic rings. The van der Waals surface area contributed by atoms with Crippen molar-refractivity contribution in [2.24, 2.45) is 11.1 Å². The van der Waals surface area contributed by atoms with Gasteiger partial charge in [0.2, 0.25) is 0 Å². The fourth-order valence-corrected chi connectivity index (χ4v) is 2.72. The fraction of sp³-hybridized carbons (Fsp3) is 1.00. The van der Waals surface area contributed by atoms with Crippen molar-refractivity contribution in [3.63, 3.8) is 0 Å². The van der Waals surface area contributed by atoms with Gasteiger partial charge in [-0.05, 0) is 19.3 Å². The van der Waals surface area contributed by atoms with Gasteiger partial charge in [0.05, 0.1) is 6.10 Å². The van der Waals surface area contributed by atoms with E-state index in [0.29, 0.717) is 6.54 Å². The van der Waals surface area contributed by atoms with Crippen LogP contribution in [0.25, 0.3) is 0 Å². The summed E-state index contributed by atoms with van der Waals surface area (Å²) in [5, 5.41) is 10.1. The maximum absolute atomic E-state index is 10.1. The quantitative estimate of drug-likeness (QED) is 0.733. The predicted octanol–water partition coefficient (Wildman–Crippen LogP) is 2.45. The first-order chi connectivity index (χ1) is 6.75. The number of hydrogen-bond donors (Lipinski definition) is 2. The average molecular weight is 199 g/mol. The zero-order valence-corrected chi connectivity index (χ0v) is 9.47. The number of aliphatic hydroxyl groups is 1. The van der Waals surface area contributed by atoms with Gasteiger partial charge in [0.25, 0.3) is 0 Å². The van der Waals surface area contributed by atoms with Gasteiger partial charge in [0.1, 0.15) is 0 Å². The normalized spacial score (nSPS) is 25.1. The lowest BCUT2D eigenvalue weighted by Crippen LogP contribution is -2.42. The first-order valence-electron chi connectivity index (χ1n) is 6.13. The molecule has 1 rings (SSSR count). The third kappa shape index (κ3) is 2.71. The van der Waals surface area contributed by atoms with E-state index in [4.69, 9.17) is 5.73 Å². The zero-order valence-electron chi connectivity index (χ0n) is 9.47. The molecule has 0 aromatic rings. The molecule has 84 valence electrons. The van der Waals surface area contributed by atoms with Gasteiger partial charge < -0.3 is 10.8 Å². The summed E-state index contributed by atoms with van der Waals surface area (Å²) in [6.07, 6.45) is 9.39. The second-order valence-electron chi connectivity index (χ2n) is 4.76. The van der Waals surface area contributed by atoms with Crippen LogP contribution in [0.2, 0.25) is 0 Å². The Kier molecular flexibility index (Phi) is 4.90. The first-order valence-corrected chi connectivity index (χ1v) is 6.13. The molecule has 14 heavy (non-hydrogen) atoms. The molecule has 0 amide bonds. The van der Waals surface area contributed by atoms with Crippen molar-refractivity contribution in [2.75, 3.05) is 6.54 Å². The molecule has 1 aliphatic carbocycles. The summed E-state index contributed by atoms with van der Waals surface area (Å²) in [7, 11) is 0. The zero-order chi connectivity index (χ0) is 10.4. The maximum atomic E-state index is 10.1. The molecule has 3 N–H and O–H groups in total. The third-order valence-corrected chi connectivity index (χ3v) is 3.85. The van der Waals surface area contributed by atoms with Crippen molar-refractivity contribution < 1.29 is 5.11 Å². The Hall–Kier alpha value is -0.0800. The Morgan fingerprint density at radius 2 is 1.64 bits per heavy atom. The van der Waals surface area contributed by atoms with E-state index < -0.39 is 0 Å². The van der Waals surface area contributed by atoms with Gasteiger partial charge >= 0.3 is 0 Å². The van der Waals surface area contributed by atoms with Crippen LogP contribution in [-0.2, 0) is 0 Å². The Morgan fingerprint density at radius 3 is 2.07 bits per heavy atom. The van der Waals surface area contributed by atoms with Gasteiger partial charge in [-0.1, -0.05) is 39.0 Å². The molecule has 0 heterocycles. The molecule has 0 spiro atoms. The molecule has 1 fully saturated rings. The highest BCUT2D eigenvalue weighted by atomic mass is 16.3. The van der Waals surface area contributed by atoms with Crippen molar-refractivity contribution in [2.45, 2.75) is 64.4 Å². The predicted molar refractivity (Wildman–Crippen MR) is 60.1 cm³/mol. The van der Waals surface area contributed by atoms with Crippen LogP contribution >= 0.6 is 0 Å². The van der Waals surface area contributed by atoms with E-state index in [-0.39, 0.29) is 11.5 Å². The Balaban J connectivity index is 2.62. The largest absolute Gasteiger partial charge is 0.393 e. The molecule has 2 heteroatoms. The van der Waals surface area contributed by atoms with Crippen LogP contribution in [0.5, 0.6) is 0 Å². The van der Waals surface area contributed by atoms with E-state index in [9.17, 15) is 5.11 Å². The molecular formula is C12H25NO. The summed E-state index contributed by atoms with van der Waals surface area (Å²) in [4.78, 5) is 0. The highest BCUT2D eigenvalue weighted by Gasteiger charge is 2.35. The topological polar surface area (TPSA) is 46.2 Å². The van der Waals surface area contributed by atoms with Crippen molar-refractivity contribution in [3.05, 3.63) is 0 Å². The number of aliphatic hydroxyl groups excluding tert-OH is 1. The molecule has 2 nitrogen and oxygen atoms in total. The van der Waals surface area contributed by atoms with Crippen molar-refractivity contribution in [3.8, 4) is 0 Å². The molecule has 0 radical (unpaired) electrons. The lowest BCUT2D eigenvalue weighted by Gasteiger charge is -2.38. The minimum absolute atomic E-state index is 0.0369. The molecule has 1 unspecified atom stereocenters. The molecule has 0 aromatic carbocycles. The Labute approximate surface area is 87.9 Å². The summed E-state index contributed by atoms with van der Waals surface area (Å²) in [6.45, 7) is 2.71. The van der Waals surface area contributed by atoms with E-state index in [0.717, 1.165) is 19.3 Å². The van der Waals surface area contributed by atoms with Gasteiger partial charge in [0, 0.05) is 12.0 Å². The van der Waals surface area contributed by atoms with Crippen molar-refractivity contribution >= 4 is 0 Å². The summed E-state index contributed by atoms with van der Waals surface area (Å²) >= 11 is 0. The molecule has 0 aromatic heterocycles. The molecule has 0 bridgehead atoms. The number of nitrogens with two attached hydrogens (primary N) is 1. The third-order valence-electron chi connectivity index (χ3n) is 3.85. The van der Waals surface area contributed by atoms with Crippen LogP contribution in [0.15, 0.2) is 0 Å². The van der Waals surface area contributed by atoms with E-state index in [1.54, 1.807) is 0 Å². The highest BCUT2D eigenvalue weighted by molar-refractivity contribution is 4.87. The van der Waals surface area contributed by atoms with Crippen molar-refractivity contribution in [1.29, 1.82) is 0 Å². The van der Waals surface area contributed by atoms with Crippen LogP contribution in [0.3, 0.4) is 0 Å². The average Bonchev–Trinajstić information content (AvgIpc) is 2.18. The van der Waals surface area contributed by atoms with Crippen LogP contribution in [0.4, 0.5) is 0 Å². The van der Waals surface area contributed by atoms with E-state index in [1.165, 1.54) is 32.1 Å². The number of hydrogen-bond acceptors (Lipinski definition) is 2. The van der Waals surface area contributed by atoms with Crippen LogP contribution in [0.1, 0.15) is 58.3 Å². The van der Waals surface area contributed by atoms with Crippen LogP contribution < -0.4 is 5.73 Å². The molecule has 1 atom stereocenters. The fourth-order valence-electron chi connectivity index (χ4n) is 2.72. The summed E-state index contributed by atoms with van der Waals surface area (Å²) < 4.78 is 0. The summed E-state index contributed by atoms with van der Waals surface area (Å²) in [5.41, 5.74) is 5.91. The van der Waals surface area contributed by atoms with E-state index in [2.05, 4.69) is 6.92 Å². The molecule has 0 saturated heterocycles. The van der Waals surface area contributed by atoms with Crippen LogP contribution in [-0.4, -0.2) is 17.8 Å². The Bertz CT molecular complexity index is 150. The number of rotatable bonds is 3. The van der Waals surface area contributed by atoms with Gasteiger partial charge in [-0.2, -0.15) is 0 Å². The molecule has 1 saturated carbocycles. The Morgan fingerprint density at radius 1 is 1.14 bits per heavy atom. The van der Waals surface area contributed by atoms with Gasteiger partial charge in [-0.3, -0.25) is 0 Å². The summed E-state index contributed by atoms with van der Waals surface area (Å²) in [6, 6.07) is 0. The SMILES string of the molecule is CCC(O)C1(CN)CCCCCCC1.